The van der Waals surface area contributed by atoms with Crippen molar-refractivity contribution in [3.63, 3.8) is 0 Å². The molecule has 0 aliphatic heterocycles. The summed E-state index contributed by atoms with van der Waals surface area (Å²) in [6.07, 6.45) is 0. The molecule has 0 spiro atoms. The number of hydrogen-bond donors (Lipinski definition) is 2. The Labute approximate surface area is 172 Å². The number of benzene rings is 2. The molecule has 3 aromatic rings. The number of anilines is 2. The molecule has 0 fully saturated rings. The molecule has 0 aliphatic rings. The van der Waals surface area contributed by atoms with Gasteiger partial charge in [-0.1, -0.05) is 17.7 Å². The summed E-state index contributed by atoms with van der Waals surface area (Å²) in [4.78, 5) is 28.2. The Balaban J connectivity index is 1.64. The highest BCUT2D eigenvalue weighted by atomic mass is 32.1. The minimum Gasteiger partial charge on any atom is -0.495 e. The molecular weight excluding hydrogens is 390 g/mol. The molecule has 3 rings (SSSR count). The normalized spacial score (nSPS) is 10.3. The van der Waals surface area contributed by atoms with E-state index in [1.807, 2.05) is 31.2 Å². The first-order chi connectivity index (χ1) is 13.9. The van der Waals surface area contributed by atoms with E-state index in [1.165, 1.54) is 25.4 Å². The largest absolute Gasteiger partial charge is 0.495 e. The van der Waals surface area contributed by atoms with Gasteiger partial charge in [-0.3, -0.25) is 9.59 Å². The Morgan fingerprint density at radius 3 is 2.55 bits per heavy atom. The van der Waals surface area contributed by atoms with Crippen LogP contribution in [0.3, 0.4) is 0 Å². The minimum atomic E-state index is -0.346. The number of amides is 2. The fourth-order valence-corrected chi connectivity index (χ4v) is 3.21. The summed E-state index contributed by atoms with van der Waals surface area (Å²) in [6, 6.07) is 12.7. The van der Waals surface area contributed by atoms with Crippen molar-refractivity contribution in [1.29, 1.82) is 0 Å². The maximum Gasteiger partial charge on any atom is 0.275 e. The van der Waals surface area contributed by atoms with Crippen LogP contribution >= 0.6 is 11.3 Å². The summed E-state index contributed by atoms with van der Waals surface area (Å²) in [5.74, 6) is 0.675. The van der Waals surface area contributed by atoms with E-state index >= 15 is 0 Å². The molecule has 2 N–H and O–H groups in total. The zero-order valence-electron chi connectivity index (χ0n) is 16.3. The van der Waals surface area contributed by atoms with Crippen LogP contribution in [0.25, 0.3) is 0 Å². The second-order valence-corrected chi connectivity index (χ2v) is 7.22. The zero-order valence-corrected chi connectivity index (χ0v) is 17.1. The van der Waals surface area contributed by atoms with Crippen molar-refractivity contribution >= 4 is 34.5 Å². The molecule has 0 radical (unpaired) electrons. The molecule has 7 nitrogen and oxygen atoms in total. The average Bonchev–Trinajstić information content (AvgIpc) is 3.17. The zero-order chi connectivity index (χ0) is 20.8. The predicted octanol–water partition coefficient (Wildman–Crippen LogP) is 4.25. The number of carbonyl (C=O) groups excluding carboxylic acids is 2. The van der Waals surface area contributed by atoms with Gasteiger partial charge in [0.05, 0.1) is 12.8 Å². The van der Waals surface area contributed by atoms with E-state index in [-0.39, 0.29) is 18.4 Å². The Morgan fingerprint density at radius 1 is 1.10 bits per heavy atom. The van der Waals surface area contributed by atoms with E-state index in [9.17, 15) is 9.59 Å². The number of carbonyl (C=O) groups is 2. The lowest BCUT2D eigenvalue weighted by molar-refractivity contribution is -0.114. The van der Waals surface area contributed by atoms with Gasteiger partial charge in [-0.2, -0.15) is 0 Å². The maximum atomic E-state index is 12.5. The molecule has 0 bridgehead atoms. The van der Waals surface area contributed by atoms with Gasteiger partial charge >= 0.3 is 0 Å². The van der Waals surface area contributed by atoms with Crippen LogP contribution in [0, 0.1) is 6.92 Å². The van der Waals surface area contributed by atoms with Crippen molar-refractivity contribution in [3.05, 3.63) is 64.1 Å². The molecule has 150 valence electrons. The van der Waals surface area contributed by atoms with Gasteiger partial charge in [0, 0.05) is 18.0 Å². The summed E-state index contributed by atoms with van der Waals surface area (Å²) in [7, 11) is 1.51. The average molecular weight is 411 g/mol. The van der Waals surface area contributed by atoms with Crippen LogP contribution < -0.4 is 20.1 Å². The molecule has 0 atom stereocenters. The molecule has 2 aromatic carbocycles. The molecule has 1 aromatic heterocycles. The van der Waals surface area contributed by atoms with Crippen molar-refractivity contribution in [2.75, 3.05) is 17.7 Å². The van der Waals surface area contributed by atoms with Crippen LogP contribution in [-0.2, 0) is 11.4 Å². The molecule has 29 heavy (non-hydrogen) atoms. The number of thiazole rings is 1. The molecule has 0 saturated heterocycles. The smallest absolute Gasteiger partial charge is 0.275 e. The van der Waals surface area contributed by atoms with Crippen LogP contribution in [0.1, 0.15) is 28.0 Å². The number of aromatic nitrogens is 1. The number of aryl methyl sites for hydroxylation is 1. The second kappa shape index (κ2) is 9.20. The Kier molecular flexibility index (Phi) is 6.46. The number of hydrogen-bond acceptors (Lipinski definition) is 6. The topological polar surface area (TPSA) is 89.6 Å². The Hall–Kier alpha value is -3.39. The number of nitrogens with one attached hydrogen (secondary N) is 2. The number of methoxy groups -OCH3 is 1. The molecule has 8 heteroatoms. The van der Waals surface area contributed by atoms with Crippen LogP contribution in [0.5, 0.6) is 11.5 Å². The second-order valence-electron chi connectivity index (χ2n) is 6.28. The van der Waals surface area contributed by atoms with E-state index in [1.54, 1.807) is 23.6 Å². The van der Waals surface area contributed by atoms with Gasteiger partial charge in [0.2, 0.25) is 5.91 Å². The summed E-state index contributed by atoms with van der Waals surface area (Å²) in [5, 5.41) is 7.83. The van der Waals surface area contributed by atoms with Crippen molar-refractivity contribution in [2.45, 2.75) is 20.5 Å². The maximum absolute atomic E-state index is 12.5. The van der Waals surface area contributed by atoms with Gasteiger partial charge in [-0.05, 0) is 37.3 Å². The van der Waals surface area contributed by atoms with E-state index in [2.05, 4.69) is 15.6 Å². The standard InChI is InChI=1S/C21H21N3O4S/c1-13-4-7-16(8-5-13)28-11-20-24-18(12-29-20)21(26)23-15-6-9-19(27-3)17(10-15)22-14(2)25/h4-10,12H,11H2,1-3H3,(H,22,25)(H,23,26). The lowest BCUT2D eigenvalue weighted by Crippen LogP contribution is -2.13. The predicted molar refractivity (Wildman–Crippen MR) is 113 cm³/mol. The SMILES string of the molecule is COc1ccc(NC(=O)c2csc(COc3ccc(C)cc3)n2)cc1NC(C)=O. The van der Waals surface area contributed by atoms with Crippen molar-refractivity contribution in [1.82, 2.24) is 4.98 Å². The third-order valence-electron chi connectivity index (χ3n) is 3.94. The summed E-state index contributed by atoms with van der Waals surface area (Å²) < 4.78 is 10.9. The van der Waals surface area contributed by atoms with Crippen LogP contribution in [0.2, 0.25) is 0 Å². The van der Waals surface area contributed by atoms with E-state index in [0.717, 1.165) is 11.3 Å². The molecule has 1 heterocycles. The third-order valence-corrected chi connectivity index (χ3v) is 4.76. The highest BCUT2D eigenvalue weighted by Crippen LogP contribution is 2.28. The van der Waals surface area contributed by atoms with E-state index < -0.39 is 0 Å². The Morgan fingerprint density at radius 2 is 1.86 bits per heavy atom. The molecule has 0 saturated carbocycles. The van der Waals surface area contributed by atoms with Crippen LogP contribution in [-0.4, -0.2) is 23.9 Å². The van der Waals surface area contributed by atoms with Crippen LogP contribution in [0.15, 0.2) is 47.8 Å². The van der Waals surface area contributed by atoms with Gasteiger partial charge in [0.15, 0.2) is 0 Å². The third kappa shape index (κ3) is 5.55. The lowest BCUT2D eigenvalue weighted by Gasteiger charge is -2.11. The number of nitrogens with zero attached hydrogens (tertiary/aromatic N) is 1. The molecule has 2 amide bonds. The van der Waals surface area contributed by atoms with Crippen molar-refractivity contribution in [2.24, 2.45) is 0 Å². The van der Waals surface area contributed by atoms with E-state index in [4.69, 9.17) is 9.47 Å². The van der Waals surface area contributed by atoms with E-state index in [0.29, 0.717) is 27.8 Å². The van der Waals surface area contributed by atoms with Crippen molar-refractivity contribution < 1.29 is 19.1 Å². The van der Waals surface area contributed by atoms with Gasteiger partial charge in [0.25, 0.3) is 5.91 Å². The highest BCUT2D eigenvalue weighted by Gasteiger charge is 2.13. The van der Waals surface area contributed by atoms with Crippen molar-refractivity contribution in [3.8, 4) is 11.5 Å². The number of ether oxygens (including phenoxy) is 2. The molecule has 0 unspecified atom stereocenters. The highest BCUT2D eigenvalue weighted by molar-refractivity contribution is 7.09. The molecule has 0 aliphatic carbocycles. The Bertz CT molecular complexity index is 1020. The first-order valence-electron chi connectivity index (χ1n) is 8.85. The quantitative estimate of drug-likeness (QED) is 0.607. The van der Waals surface area contributed by atoms with Gasteiger partial charge in [-0.15, -0.1) is 11.3 Å². The fraction of sp³-hybridized carbons (Fsp3) is 0.190. The summed E-state index contributed by atoms with van der Waals surface area (Å²) in [5.41, 5.74) is 2.45. The van der Waals surface area contributed by atoms with Gasteiger partial charge in [-0.25, -0.2) is 4.98 Å². The monoisotopic (exact) mass is 411 g/mol. The summed E-state index contributed by atoms with van der Waals surface area (Å²) >= 11 is 1.35. The number of rotatable bonds is 7. The lowest BCUT2D eigenvalue weighted by atomic mass is 10.2. The molecular formula is C21H21N3O4S. The van der Waals surface area contributed by atoms with Gasteiger partial charge < -0.3 is 20.1 Å². The summed E-state index contributed by atoms with van der Waals surface area (Å²) in [6.45, 7) is 3.70. The first kappa shape index (κ1) is 20.3. The fourth-order valence-electron chi connectivity index (χ4n) is 2.53. The first-order valence-corrected chi connectivity index (χ1v) is 9.73. The van der Waals surface area contributed by atoms with Gasteiger partial charge in [0.1, 0.15) is 28.8 Å². The minimum absolute atomic E-state index is 0.232. The van der Waals surface area contributed by atoms with Crippen LogP contribution in [0.4, 0.5) is 11.4 Å².